The Bertz CT molecular complexity index is 950. The number of carbonyl (C=O) groups excluding carboxylic acids is 3. The van der Waals surface area contributed by atoms with Gasteiger partial charge in [-0.25, -0.2) is 9.59 Å². The van der Waals surface area contributed by atoms with Crippen LogP contribution in [0.5, 0.6) is 0 Å². The molecule has 0 aliphatic heterocycles. The van der Waals surface area contributed by atoms with Crippen LogP contribution < -0.4 is 5.32 Å². The van der Waals surface area contributed by atoms with Gasteiger partial charge >= 0.3 is 17.6 Å². The number of hydrogen-bond acceptors (Lipinski definition) is 9. The molecule has 156 valence electrons. The number of aromatic nitrogens is 2. The summed E-state index contributed by atoms with van der Waals surface area (Å²) in [7, 11) is 1.21. The Kier molecular flexibility index (Phi) is 7.04. The van der Waals surface area contributed by atoms with E-state index in [0.29, 0.717) is 12.0 Å². The molecule has 2 heterocycles. The summed E-state index contributed by atoms with van der Waals surface area (Å²) >= 11 is 0.886. The van der Waals surface area contributed by atoms with Gasteiger partial charge in [0.15, 0.2) is 0 Å². The van der Waals surface area contributed by atoms with Crippen LogP contribution in [0.2, 0.25) is 0 Å². The highest BCUT2D eigenvalue weighted by Gasteiger charge is 2.28. The standard InChI is InChI=1S/C17H20N4O7S/c1-5-6-28-16(23)12-9(2)13(17(24)27-4)29-15(12)19-14(22)10(3)20-8-11(7-18-20)21(25)26/h7-8,10H,5-6H2,1-4H3,(H,19,22). The summed E-state index contributed by atoms with van der Waals surface area (Å²) in [5.74, 6) is -1.90. The lowest BCUT2D eigenvalue weighted by Crippen LogP contribution is -2.24. The first-order chi connectivity index (χ1) is 13.7. The van der Waals surface area contributed by atoms with Crippen molar-refractivity contribution in [3.8, 4) is 0 Å². The maximum Gasteiger partial charge on any atom is 0.348 e. The van der Waals surface area contributed by atoms with Gasteiger partial charge in [-0.05, 0) is 25.8 Å². The molecule has 0 aliphatic carbocycles. The number of amides is 1. The molecule has 0 aromatic carbocycles. The van der Waals surface area contributed by atoms with E-state index in [1.807, 2.05) is 6.92 Å². The van der Waals surface area contributed by atoms with Crippen LogP contribution in [-0.4, -0.2) is 46.3 Å². The first-order valence-electron chi connectivity index (χ1n) is 8.59. The van der Waals surface area contributed by atoms with Gasteiger partial charge in [-0.15, -0.1) is 11.3 Å². The van der Waals surface area contributed by atoms with Crippen molar-refractivity contribution in [1.82, 2.24) is 9.78 Å². The van der Waals surface area contributed by atoms with E-state index in [2.05, 4.69) is 10.4 Å². The molecule has 0 saturated heterocycles. The number of carbonyl (C=O) groups is 3. The maximum atomic E-state index is 12.6. The zero-order valence-corrected chi connectivity index (χ0v) is 17.1. The number of methoxy groups -OCH3 is 1. The third kappa shape index (κ3) is 4.77. The van der Waals surface area contributed by atoms with Gasteiger partial charge in [-0.1, -0.05) is 6.92 Å². The van der Waals surface area contributed by atoms with Gasteiger partial charge in [-0.3, -0.25) is 19.6 Å². The number of esters is 2. The van der Waals surface area contributed by atoms with Gasteiger partial charge in [0.25, 0.3) is 0 Å². The zero-order chi connectivity index (χ0) is 21.7. The Morgan fingerprint density at radius 2 is 2.07 bits per heavy atom. The lowest BCUT2D eigenvalue weighted by molar-refractivity contribution is -0.385. The minimum atomic E-state index is -0.910. The molecule has 1 unspecified atom stereocenters. The Labute approximate surface area is 169 Å². The normalized spacial score (nSPS) is 11.6. The highest BCUT2D eigenvalue weighted by Crippen LogP contribution is 2.34. The van der Waals surface area contributed by atoms with Crippen molar-refractivity contribution in [2.24, 2.45) is 0 Å². The maximum absolute atomic E-state index is 12.6. The van der Waals surface area contributed by atoms with E-state index in [1.54, 1.807) is 6.92 Å². The summed E-state index contributed by atoms with van der Waals surface area (Å²) in [5, 5.41) is 17.3. The second-order valence-electron chi connectivity index (χ2n) is 5.99. The number of nitro groups is 1. The number of thiophene rings is 1. The van der Waals surface area contributed by atoms with Crippen LogP contribution in [0.3, 0.4) is 0 Å². The smallest absolute Gasteiger partial charge is 0.348 e. The fraction of sp³-hybridized carbons (Fsp3) is 0.412. The molecule has 2 aromatic heterocycles. The van der Waals surface area contributed by atoms with Crippen LogP contribution in [-0.2, 0) is 14.3 Å². The van der Waals surface area contributed by atoms with Crippen molar-refractivity contribution in [3.05, 3.63) is 38.5 Å². The summed E-state index contributed by atoms with van der Waals surface area (Å²) in [6, 6.07) is -0.910. The van der Waals surface area contributed by atoms with E-state index in [0.717, 1.165) is 28.4 Å². The van der Waals surface area contributed by atoms with Gasteiger partial charge in [0.1, 0.15) is 28.3 Å². The minimum absolute atomic E-state index is 0.0656. The van der Waals surface area contributed by atoms with Gasteiger partial charge in [0, 0.05) is 0 Å². The second kappa shape index (κ2) is 9.28. The molecular weight excluding hydrogens is 404 g/mol. The third-order valence-electron chi connectivity index (χ3n) is 3.97. The van der Waals surface area contributed by atoms with Gasteiger partial charge in [-0.2, -0.15) is 5.10 Å². The average molecular weight is 424 g/mol. The second-order valence-corrected chi connectivity index (χ2v) is 7.01. The minimum Gasteiger partial charge on any atom is -0.465 e. The van der Waals surface area contributed by atoms with E-state index in [-0.39, 0.29) is 27.7 Å². The molecule has 0 radical (unpaired) electrons. The Balaban J connectivity index is 2.33. The highest BCUT2D eigenvalue weighted by molar-refractivity contribution is 7.18. The molecule has 29 heavy (non-hydrogen) atoms. The summed E-state index contributed by atoms with van der Waals surface area (Å²) in [5.41, 5.74) is 0.143. The molecule has 0 fully saturated rings. The van der Waals surface area contributed by atoms with Crippen molar-refractivity contribution in [1.29, 1.82) is 0 Å². The van der Waals surface area contributed by atoms with Crippen molar-refractivity contribution in [2.75, 3.05) is 19.0 Å². The first-order valence-corrected chi connectivity index (χ1v) is 9.41. The van der Waals surface area contributed by atoms with Crippen LogP contribution in [0, 0.1) is 17.0 Å². The number of rotatable bonds is 8. The molecule has 1 atom stereocenters. The highest BCUT2D eigenvalue weighted by atomic mass is 32.1. The summed E-state index contributed by atoms with van der Waals surface area (Å²) in [6.45, 7) is 5.06. The number of nitrogens with zero attached hydrogens (tertiary/aromatic N) is 3. The summed E-state index contributed by atoms with van der Waals surface area (Å²) < 4.78 is 11.0. The number of anilines is 1. The molecule has 1 amide bonds. The van der Waals surface area contributed by atoms with Crippen LogP contribution in [0.4, 0.5) is 10.7 Å². The fourth-order valence-corrected chi connectivity index (χ4v) is 3.49. The van der Waals surface area contributed by atoms with Crippen molar-refractivity contribution < 1.29 is 28.8 Å². The molecule has 1 N–H and O–H groups in total. The zero-order valence-electron chi connectivity index (χ0n) is 16.3. The van der Waals surface area contributed by atoms with Crippen LogP contribution in [0.15, 0.2) is 12.4 Å². The Morgan fingerprint density at radius 1 is 1.38 bits per heavy atom. The van der Waals surface area contributed by atoms with Crippen molar-refractivity contribution in [2.45, 2.75) is 33.2 Å². The van der Waals surface area contributed by atoms with Crippen molar-refractivity contribution >= 4 is 39.9 Å². The molecule has 0 aliphatic rings. The van der Waals surface area contributed by atoms with Gasteiger partial charge in [0.05, 0.1) is 24.2 Å². The molecule has 2 rings (SSSR count). The predicted molar refractivity (Wildman–Crippen MR) is 103 cm³/mol. The largest absolute Gasteiger partial charge is 0.465 e. The SMILES string of the molecule is CCCOC(=O)c1c(NC(=O)C(C)n2cc([N+](=O)[O-])cn2)sc(C(=O)OC)c1C. The summed E-state index contributed by atoms with van der Waals surface area (Å²) in [4.78, 5) is 47.4. The van der Waals surface area contributed by atoms with Crippen LogP contribution >= 0.6 is 11.3 Å². The molecular formula is C17H20N4O7S. The Hall–Kier alpha value is -3.28. The molecule has 0 bridgehead atoms. The predicted octanol–water partition coefficient (Wildman–Crippen LogP) is 2.71. The van der Waals surface area contributed by atoms with E-state index in [1.165, 1.54) is 14.0 Å². The van der Waals surface area contributed by atoms with E-state index in [9.17, 15) is 24.5 Å². The Morgan fingerprint density at radius 3 is 2.62 bits per heavy atom. The fourth-order valence-electron chi connectivity index (χ4n) is 2.37. The van der Waals surface area contributed by atoms with Crippen molar-refractivity contribution in [3.63, 3.8) is 0 Å². The average Bonchev–Trinajstić information content (AvgIpc) is 3.30. The molecule has 12 heteroatoms. The third-order valence-corrected chi connectivity index (χ3v) is 5.16. The number of nitrogens with one attached hydrogen (secondary N) is 1. The molecule has 11 nitrogen and oxygen atoms in total. The van der Waals surface area contributed by atoms with Crippen LogP contribution in [0.1, 0.15) is 51.9 Å². The number of hydrogen-bond donors (Lipinski definition) is 1. The first kappa shape index (κ1) is 22.0. The monoisotopic (exact) mass is 424 g/mol. The van der Waals surface area contributed by atoms with Crippen LogP contribution in [0.25, 0.3) is 0 Å². The van der Waals surface area contributed by atoms with E-state index in [4.69, 9.17) is 9.47 Å². The molecule has 2 aromatic rings. The van der Waals surface area contributed by atoms with Gasteiger partial charge in [0.2, 0.25) is 5.91 Å². The lowest BCUT2D eigenvalue weighted by Gasteiger charge is -2.12. The van der Waals surface area contributed by atoms with E-state index < -0.39 is 28.8 Å². The van der Waals surface area contributed by atoms with Gasteiger partial charge < -0.3 is 14.8 Å². The molecule has 0 spiro atoms. The quantitative estimate of drug-likeness (QED) is 0.387. The molecule has 0 saturated carbocycles. The summed E-state index contributed by atoms with van der Waals surface area (Å²) in [6.07, 6.45) is 2.76. The van der Waals surface area contributed by atoms with E-state index >= 15 is 0 Å². The topological polar surface area (TPSA) is 143 Å². The lowest BCUT2D eigenvalue weighted by atomic mass is 10.1. The number of ether oxygens (including phenoxy) is 2.